The molecule has 4 heteroatoms. The van der Waals surface area contributed by atoms with Crippen molar-refractivity contribution in [3.8, 4) is 5.88 Å². The van der Waals surface area contributed by atoms with Crippen LogP contribution in [-0.2, 0) is 0 Å². The molecule has 0 radical (unpaired) electrons. The van der Waals surface area contributed by atoms with Gasteiger partial charge in [-0.1, -0.05) is 13.8 Å². The largest absolute Gasteiger partial charge is 0.477 e. The van der Waals surface area contributed by atoms with Gasteiger partial charge >= 0.3 is 0 Å². The number of rotatable bonds is 4. The van der Waals surface area contributed by atoms with Crippen LogP contribution in [0.25, 0.3) is 0 Å². The van der Waals surface area contributed by atoms with Crippen LogP contribution in [0.4, 0.5) is 0 Å². The van der Waals surface area contributed by atoms with E-state index in [9.17, 15) is 0 Å². The summed E-state index contributed by atoms with van der Waals surface area (Å²) in [7, 11) is 0. The Kier molecular flexibility index (Phi) is 4.41. The zero-order valence-electron chi connectivity index (χ0n) is 7.83. The average Bonchev–Trinajstić information content (AvgIpc) is 2.08. The van der Waals surface area contributed by atoms with Crippen LogP contribution in [0.15, 0.2) is 12.5 Å². The highest BCUT2D eigenvalue weighted by Gasteiger charge is 2.01. The maximum absolute atomic E-state index is 5.49. The molecule has 0 amide bonds. The van der Waals surface area contributed by atoms with Crippen molar-refractivity contribution >= 4 is 22.6 Å². The fourth-order valence-corrected chi connectivity index (χ4v) is 1.25. The Labute approximate surface area is 92.1 Å². The maximum Gasteiger partial charge on any atom is 0.230 e. The summed E-state index contributed by atoms with van der Waals surface area (Å²) in [6.07, 6.45) is 4.31. The first-order valence-electron chi connectivity index (χ1n) is 4.28. The van der Waals surface area contributed by atoms with Crippen molar-refractivity contribution in [2.45, 2.75) is 20.3 Å². The highest BCUT2D eigenvalue weighted by Crippen LogP contribution is 2.15. The summed E-state index contributed by atoms with van der Waals surface area (Å²) in [5, 5.41) is 0. The quantitative estimate of drug-likeness (QED) is 0.800. The van der Waals surface area contributed by atoms with E-state index >= 15 is 0 Å². The van der Waals surface area contributed by atoms with Crippen molar-refractivity contribution in [3.63, 3.8) is 0 Å². The van der Waals surface area contributed by atoms with Gasteiger partial charge in [0.25, 0.3) is 0 Å². The Hall–Kier alpha value is -0.390. The van der Waals surface area contributed by atoms with Crippen LogP contribution in [0.3, 0.4) is 0 Å². The van der Waals surface area contributed by atoms with Gasteiger partial charge in [-0.2, -0.15) is 0 Å². The van der Waals surface area contributed by atoms with Crippen LogP contribution >= 0.6 is 22.6 Å². The summed E-state index contributed by atoms with van der Waals surface area (Å²) >= 11 is 2.17. The molecule has 0 saturated heterocycles. The third-order valence-electron chi connectivity index (χ3n) is 1.57. The monoisotopic (exact) mass is 292 g/mol. The minimum atomic E-state index is 0.666. The lowest BCUT2D eigenvalue weighted by Gasteiger charge is -2.07. The van der Waals surface area contributed by atoms with Crippen molar-refractivity contribution in [1.82, 2.24) is 9.97 Å². The van der Waals surface area contributed by atoms with Crippen molar-refractivity contribution in [2.75, 3.05) is 6.61 Å². The number of nitrogens with zero attached hydrogens (tertiary/aromatic N) is 2. The number of aromatic nitrogens is 2. The fraction of sp³-hybridized carbons (Fsp3) is 0.556. The van der Waals surface area contributed by atoms with Gasteiger partial charge in [-0.25, -0.2) is 9.97 Å². The summed E-state index contributed by atoms with van der Waals surface area (Å²) in [6.45, 7) is 5.08. The Morgan fingerprint density at radius 1 is 1.54 bits per heavy atom. The van der Waals surface area contributed by atoms with Gasteiger partial charge in [0.1, 0.15) is 6.33 Å². The van der Waals surface area contributed by atoms with Crippen molar-refractivity contribution < 1.29 is 4.74 Å². The Morgan fingerprint density at radius 2 is 2.31 bits per heavy atom. The van der Waals surface area contributed by atoms with Gasteiger partial charge in [-0.3, -0.25) is 0 Å². The fourth-order valence-electron chi connectivity index (χ4n) is 0.799. The van der Waals surface area contributed by atoms with E-state index in [0.717, 1.165) is 16.6 Å². The maximum atomic E-state index is 5.49. The van der Waals surface area contributed by atoms with Crippen LogP contribution < -0.4 is 4.74 Å². The molecule has 0 N–H and O–H groups in total. The molecule has 0 aromatic carbocycles. The molecule has 1 heterocycles. The van der Waals surface area contributed by atoms with Crippen LogP contribution in [-0.4, -0.2) is 16.6 Å². The first-order valence-corrected chi connectivity index (χ1v) is 5.36. The Balaban J connectivity index is 2.41. The molecule has 1 aromatic rings. The predicted molar refractivity (Wildman–Crippen MR) is 59.7 cm³/mol. The third kappa shape index (κ3) is 3.89. The minimum absolute atomic E-state index is 0.666. The summed E-state index contributed by atoms with van der Waals surface area (Å²) in [6, 6.07) is 0. The first-order chi connectivity index (χ1) is 6.20. The van der Waals surface area contributed by atoms with E-state index in [1.54, 1.807) is 6.20 Å². The van der Waals surface area contributed by atoms with E-state index in [1.807, 2.05) is 0 Å². The molecule has 0 bridgehead atoms. The third-order valence-corrected chi connectivity index (χ3v) is 2.31. The van der Waals surface area contributed by atoms with E-state index in [1.165, 1.54) is 6.33 Å². The zero-order valence-corrected chi connectivity index (χ0v) is 9.98. The van der Waals surface area contributed by atoms with Gasteiger partial charge in [0.05, 0.1) is 10.2 Å². The topological polar surface area (TPSA) is 35.0 Å². The van der Waals surface area contributed by atoms with E-state index < -0.39 is 0 Å². The normalized spacial score (nSPS) is 10.5. The number of hydrogen-bond donors (Lipinski definition) is 0. The zero-order chi connectivity index (χ0) is 9.68. The van der Waals surface area contributed by atoms with E-state index in [-0.39, 0.29) is 0 Å². The second kappa shape index (κ2) is 5.36. The van der Waals surface area contributed by atoms with Crippen LogP contribution in [0, 0.1) is 9.49 Å². The van der Waals surface area contributed by atoms with Gasteiger partial charge in [0.15, 0.2) is 0 Å². The molecule has 13 heavy (non-hydrogen) atoms. The minimum Gasteiger partial charge on any atom is -0.477 e. The molecule has 0 unspecified atom stereocenters. The smallest absolute Gasteiger partial charge is 0.230 e. The summed E-state index contributed by atoms with van der Waals surface area (Å²) < 4.78 is 6.45. The molecule has 72 valence electrons. The second-order valence-electron chi connectivity index (χ2n) is 3.21. The van der Waals surface area contributed by atoms with Gasteiger partial charge in [-0.05, 0) is 34.9 Å². The van der Waals surface area contributed by atoms with Gasteiger partial charge in [0.2, 0.25) is 5.88 Å². The highest BCUT2D eigenvalue weighted by atomic mass is 127. The molecule has 0 aliphatic rings. The van der Waals surface area contributed by atoms with Crippen LogP contribution in [0.1, 0.15) is 20.3 Å². The molecular formula is C9H13IN2O. The van der Waals surface area contributed by atoms with Gasteiger partial charge in [0, 0.05) is 6.20 Å². The number of hydrogen-bond acceptors (Lipinski definition) is 3. The summed E-state index contributed by atoms with van der Waals surface area (Å²) in [4.78, 5) is 7.92. The Bertz CT molecular complexity index is 266. The van der Waals surface area contributed by atoms with E-state index in [2.05, 4.69) is 46.4 Å². The lowest BCUT2D eigenvalue weighted by molar-refractivity contribution is 0.277. The molecule has 0 spiro atoms. The number of ether oxygens (including phenoxy) is 1. The van der Waals surface area contributed by atoms with Crippen molar-refractivity contribution in [2.24, 2.45) is 5.92 Å². The van der Waals surface area contributed by atoms with Crippen molar-refractivity contribution in [3.05, 3.63) is 16.1 Å². The van der Waals surface area contributed by atoms with Crippen LogP contribution in [0.2, 0.25) is 0 Å². The first kappa shape index (κ1) is 10.7. The summed E-state index contributed by atoms with van der Waals surface area (Å²) in [5.41, 5.74) is 0. The lowest BCUT2D eigenvalue weighted by Crippen LogP contribution is -2.03. The molecule has 0 fully saturated rings. The molecule has 1 rings (SSSR count). The summed E-state index contributed by atoms with van der Waals surface area (Å²) in [5.74, 6) is 1.36. The SMILES string of the molecule is CC(C)CCOc1ncncc1I. The van der Waals surface area contributed by atoms with Crippen LogP contribution in [0.5, 0.6) is 5.88 Å². The number of halogens is 1. The standard InChI is InChI=1S/C9H13IN2O/c1-7(2)3-4-13-9-8(10)5-11-6-12-9/h5-7H,3-4H2,1-2H3. The van der Waals surface area contributed by atoms with Gasteiger partial charge < -0.3 is 4.74 Å². The predicted octanol–water partition coefficient (Wildman–Crippen LogP) is 2.51. The Morgan fingerprint density at radius 3 is 2.92 bits per heavy atom. The van der Waals surface area contributed by atoms with Gasteiger partial charge in [-0.15, -0.1) is 0 Å². The molecule has 0 aliphatic heterocycles. The second-order valence-corrected chi connectivity index (χ2v) is 4.37. The molecule has 3 nitrogen and oxygen atoms in total. The van der Waals surface area contributed by atoms with Crippen molar-refractivity contribution in [1.29, 1.82) is 0 Å². The molecule has 0 saturated carbocycles. The van der Waals surface area contributed by atoms with E-state index in [0.29, 0.717) is 11.8 Å². The molecule has 0 atom stereocenters. The molecule has 0 aliphatic carbocycles. The average molecular weight is 292 g/mol. The molecule has 1 aromatic heterocycles. The lowest BCUT2D eigenvalue weighted by atomic mass is 10.1. The molecular weight excluding hydrogens is 279 g/mol. The van der Waals surface area contributed by atoms with E-state index in [4.69, 9.17) is 4.74 Å². The highest BCUT2D eigenvalue weighted by molar-refractivity contribution is 14.1.